The zero-order valence-electron chi connectivity index (χ0n) is 12.3. The second-order valence-electron chi connectivity index (χ2n) is 4.52. The lowest BCUT2D eigenvalue weighted by molar-refractivity contribution is 0.0958. The molecule has 0 saturated carbocycles. The second kappa shape index (κ2) is 7.82. The molecule has 0 atom stereocenters. The minimum Gasteiger partial charge on any atom is -0.399 e. The number of thiophene rings is 1. The molecule has 0 bridgehead atoms. The number of hydrogen-bond donors (Lipinski definition) is 3. The van der Waals surface area contributed by atoms with E-state index in [0.29, 0.717) is 28.4 Å². The summed E-state index contributed by atoms with van der Waals surface area (Å²) in [6.07, 6.45) is 0. The van der Waals surface area contributed by atoms with Gasteiger partial charge in [-0.05, 0) is 38.1 Å². The Bertz CT molecular complexity index is 685. The summed E-state index contributed by atoms with van der Waals surface area (Å²) in [5.41, 5.74) is 7.33. The molecule has 4 N–H and O–H groups in total. The van der Waals surface area contributed by atoms with Gasteiger partial charge < -0.3 is 16.4 Å². The number of carbonyl (C=O) groups excluding carboxylic acids is 2. The van der Waals surface area contributed by atoms with E-state index in [-0.39, 0.29) is 24.2 Å². The van der Waals surface area contributed by atoms with Crippen molar-refractivity contribution in [2.75, 3.05) is 17.6 Å². The van der Waals surface area contributed by atoms with Gasteiger partial charge in [-0.25, -0.2) is 0 Å². The molecule has 1 aromatic heterocycles. The number of aryl methyl sites for hydroxylation is 1. The fourth-order valence-electron chi connectivity index (χ4n) is 1.84. The van der Waals surface area contributed by atoms with Crippen molar-refractivity contribution in [1.82, 2.24) is 5.32 Å². The Morgan fingerprint density at radius 3 is 2.59 bits per heavy atom. The molecule has 118 valence electrons. The molecule has 7 heteroatoms. The fourth-order valence-corrected chi connectivity index (χ4v) is 2.73. The smallest absolute Gasteiger partial charge is 0.261 e. The molecule has 2 amide bonds. The third-order valence-electron chi connectivity index (χ3n) is 2.88. The highest BCUT2D eigenvalue weighted by atomic mass is 35.5. The average molecular weight is 340 g/mol. The van der Waals surface area contributed by atoms with Gasteiger partial charge in [0.2, 0.25) is 0 Å². The van der Waals surface area contributed by atoms with Crippen LogP contribution in [0.3, 0.4) is 0 Å². The first kappa shape index (κ1) is 18.0. The van der Waals surface area contributed by atoms with Gasteiger partial charge >= 0.3 is 0 Å². The third-order valence-corrected chi connectivity index (χ3v) is 3.93. The van der Waals surface area contributed by atoms with Crippen LogP contribution in [0, 0.1) is 6.92 Å². The van der Waals surface area contributed by atoms with E-state index in [9.17, 15) is 9.59 Å². The standard InChI is InChI=1S/C15H17N3O2S.ClH/c1-3-17-15(20)13-8-12(9(2)21-13)18-14(19)10-5-4-6-11(16)7-10;/h4-8H,3,16H2,1-2H3,(H,17,20)(H,18,19);1H. The second-order valence-corrected chi connectivity index (χ2v) is 5.78. The Balaban J connectivity index is 0.00000242. The fraction of sp³-hybridized carbons (Fsp3) is 0.200. The van der Waals surface area contributed by atoms with Crippen LogP contribution in [0.2, 0.25) is 0 Å². The third kappa shape index (κ3) is 4.22. The Morgan fingerprint density at radius 2 is 1.95 bits per heavy atom. The molecule has 0 saturated heterocycles. The van der Waals surface area contributed by atoms with Gasteiger partial charge in [0.1, 0.15) is 0 Å². The normalized spacial score (nSPS) is 9.73. The SMILES string of the molecule is CCNC(=O)c1cc(NC(=O)c2cccc(N)c2)c(C)s1.Cl. The van der Waals surface area contributed by atoms with Gasteiger partial charge in [0.25, 0.3) is 11.8 Å². The number of nitrogen functional groups attached to an aromatic ring is 1. The number of rotatable bonds is 4. The van der Waals surface area contributed by atoms with Gasteiger partial charge in [-0.1, -0.05) is 6.07 Å². The van der Waals surface area contributed by atoms with Crippen LogP contribution < -0.4 is 16.4 Å². The molecule has 2 rings (SSSR count). The van der Waals surface area contributed by atoms with E-state index in [2.05, 4.69) is 10.6 Å². The van der Waals surface area contributed by atoms with Crippen molar-refractivity contribution in [3.05, 3.63) is 45.6 Å². The highest BCUT2D eigenvalue weighted by Crippen LogP contribution is 2.26. The highest BCUT2D eigenvalue weighted by Gasteiger charge is 2.14. The summed E-state index contributed by atoms with van der Waals surface area (Å²) in [6, 6.07) is 8.44. The van der Waals surface area contributed by atoms with Gasteiger partial charge in [-0.15, -0.1) is 23.7 Å². The Labute approximate surface area is 139 Å². The number of anilines is 2. The van der Waals surface area contributed by atoms with Crippen molar-refractivity contribution in [2.24, 2.45) is 0 Å². The quantitative estimate of drug-likeness (QED) is 0.748. The number of hydrogen-bond acceptors (Lipinski definition) is 4. The molecule has 22 heavy (non-hydrogen) atoms. The maximum Gasteiger partial charge on any atom is 0.261 e. The van der Waals surface area contributed by atoms with Crippen LogP contribution >= 0.6 is 23.7 Å². The number of halogens is 1. The maximum atomic E-state index is 12.2. The average Bonchev–Trinajstić information content (AvgIpc) is 2.80. The lowest BCUT2D eigenvalue weighted by Crippen LogP contribution is -2.21. The molecule has 0 aliphatic rings. The number of benzene rings is 1. The molecule has 0 radical (unpaired) electrons. The first-order valence-electron chi connectivity index (χ1n) is 6.56. The molecule has 2 aromatic rings. The van der Waals surface area contributed by atoms with Crippen LogP contribution in [-0.2, 0) is 0 Å². The molecule has 5 nitrogen and oxygen atoms in total. The van der Waals surface area contributed by atoms with E-state index >= 15 is 0 Å². The Hall–Kier alpha value is -2.05. The summed E-state index contributed by atoms with van der Waals surface area (Å²) < 4.78 is 0. The van der Waals surface area contributed by atoms with Crippen molar-refractivity contribution >= 4 is 46.9 Å². The molecule has 0 aliphatic carbocycles. The van der Waals surface area contributed by atoms with Crippen LogP contribution in [0.1, 0.15) is 31.8 Å². The molecule has 0 spiro atoms. The zero-order valence-corrected chi connectivity index (χ0v) is 13.9. The van der Waals surface area contributed by atoms with Gasteiger partial charge in [0, 0.05) is 22.7 Å². The molecular formula is C15H18ClN3O2S. The predicted molar refractivity (Wildman–Crippen MR) is 93.1 cm³/mol. The summed E-state index contributed by atoms with van der Waals surface area (Å²) in [7, 11) is 0. The van der Waals surface area contributed by atoms with Crippen LogP contribution in [0.15, 0.2) is 30.3 Å². The van der Waals surface area contributed by atoms with E-state index in [1.165, 1.54) is 11.3 Å². The monoisotopic (exact) mass is 339 g/mol. The number of nitrogens with two attached hydrogens (primary N) is 1. The van der Waals surface area contributed by atoms with Crippen molar-refractivity contribution in [3.63, 3.8) is 0 Å². The lowest BCUT2D eigenvalue weighted by Gasteiger charge is -2.04. The molecule has 0 unspecified atom stereocenters. The first-order valence-corrected chi connectivity index (χ1v) is 7.38. The van der Waals surface area contributed by atoms with E-state index in [0.717, 1.165) is 4.88 Å². The lowest BCUT2D eigenvalue weighted by atomic mass is 10.2. The van der Waals surface area contributed by atoms with Crippen LogP contribution in [-0.4, -0.2) is 18.4 Å². The summed E-state index contributed by atoms with van der Waals surface area (Å²) in [4.78, 5) is 25.4. The molecule has 0 fully saturated rings. The summed E-state index contributed by atoms with van der Waals surface area (Å²) in [5.74, 6) is -0.374. The van der Waals surface area contributed by atoms with E-state index in [4.69, 9.17) is 5.73 Å². The van der Waals surface area contributed by atoms with E-state index < -0.39 is 0 Å². The Kier molecular flexibility index (Phi) is 6.39. The molecule has 0 aliphatic heterocycles. The molecule has 1 heterocycles. The van der Waals surface area contributed by atoms with Crippen LogP contribution in [0.4, 0.5) is 11.4 Å². The van der Waals surface area contributed by atoms with Gasteiger partial charge in [0.05, 0.1) is 10.6 Å². The van der Waals surface area contributed by atoms with Crippen molar-refractivity contribution in [2.45, 2.75) is 13.8 Å². The highest BCUT2D eigenvalue weighted by molar-refractivity contribution is 7.14. The minimum atomic E-state index is -0.245. The molecule has 1 aromatic carbocycles. The largest absolute Gasteiger partial charge is 0.399 e. The minimum absolute atomic E-state index is 0. The number of nitrogens with one attached hydrogen (secondary N) is 2. The first-order chi connectivity index (χ1) is 10.0. The van der Waals surface area contributed by atoms with E-state index in [1.54, 1.807) is 30.3 Å². The van der Waals surface area contributed by atoms with Crippen molar-refractivity contribution in [3.8, 4) is 0 Å². The summed E-state index contributed by atoms with van der Waals surface area (Å²) in [5, 5.41) is 5.54. The van der Waals surface area contributed by atoms with Crippen LogP contribution in [0.25, 0.3) is 0 Å². The van der Waals surface area contributed by atoms with E-state index in [1.807, 2.05) is 13.8 Å². The van der Waals surface area contributed by atoms with Gasteiger partial charge in [-0.3, -0.25) is 9.59 Å². The summed E-state index contributed by atoms with van der Waals surface area (Å²) >= 11 is 1.35. The Morgan fingerprint density at radius 1 is 1.23 bits per heavy atom. The summed E-state index contributed by atoms with van der Waals surface area (Å²) in [6.45, 7) is 4.30. The van der Waals surface area contributed by atoms with Gasteiger partial charge in [0.15, 0.2) is 0 Å². The van der Waals surface area contributed by atoms with Crippen molar-refractivity contribution < 1.29 is 9.59 Å². The number of amides is 2. The molecular weight excluding hydrogens is 322 g/mol. The maximum absolute atomic E-state index is 12.2. The van der Waals surface area contributed by atoms with Crippen LogP contribution in [0.5, 0.6) is 0 Å². The van der Waals surface area contributed by atoms with Gasteiger partial charge in [-0.2, -0.15) is 0 Å². The zero-order chi connectivity index (χ0) is 15.4. The van der Waals surface area contributed by atoms with Crippen molar-refractivity contribution in [1.29, 1.82) is 0 Å². The topological polar surface area (TPSA) is 84.2 Å². The predicted octanol–water partition coefficient (Wildman–Crippen LogP) is 3.06. The number of carbonyl (C=O) groups is 2.